The minimum absolute atomic E-state index is 0.0790. The fourth-order valence-electron chi connectivity index (χ4n) is 3.34. The number of rotatable bonds is 6. The van der Waals surface area contributed by atoms with Gasteiger partial charge in [-0.2, -0.15) is 0 Å². The van der Waals surface area contributed by atoms with E-state index in [1.54, 1.807) is 7.11 Å². The smallest absolute Gasteiger partial charge is 0.0769 e. The third-order valence-electron chi connectivity index (χ3n) is 4.44. The van der Waals surface area contributed by atoms with Crippen LogP contribution in [0.1, 0.15) is 37.7 Å². The molecular formula is C16H24Cl2N2O. The zero-order valence-corrected chi connectivity index (χ0v) is 14.0. The third kappa shape index (κ3) is 4.57. The first-order chi connectivity index (χ1) is 10.2. The summed E-state index contributed by atoms with van der Waals surface area (Å²) in [5.74, 6) is 6.36. The van der Waals surface area contributed by atoms with E-state index >= 15 is 0 Å². The Kier molecular flexibility index (Phi) is 6.77. The van der Waals surface area contributed by atoms with Crippen molar-refractivity contribution in [2.45, 2.75) is 50.7 Å². The number of benzene rings is 1. The van der Waals surface area contributed by atoms with Gasteiger partial charge in [-0.3, -0.25) is 11.3 Å². The molecule has 0 aromatic heterocycles. The molecule has 2 atom stereocenters. The quantitative estimate of drug-likeness (QED) is 0.613. The van der Waals surface area contributed by atoms with Crippen LogP contribution >= 0.6 is 23.2 Å². The highest BCUT2D eigenvalue weighted by Gasteiger charge is 2.30. The zero-order valence-electron chi connectivity index (χ0n) is 12.4. The maximum absolute atomic E-state index is 6.09. The lowest BCUT2D eigenvalue weighted by Crippen LogP contribution is -2.49. The number of hydrogen-bond acceptors (Lipinski definition) is 3. The van der Waals surface area contributed by atoms with Gasteiger partial charge in [0.05, 0.1) is 22.2 Å². The number of nitrogens with two attached hydrogens (primary N) is 1. The van der Waals surface area contributed by atoms with Crippen molar-refractivity contribution in [3.05, 3.63) is 33.8 Å². The molecule has 1 aliphatic rings. The first kappa shape index (κ1) is 17.0. The summed E-state index contributed by atoms with van der Waals surface area (Å²) in [5.41, 5.74) is 4.05. The molecule has 2 rings (SSSR count). The Bertz CT molecular complexity index is 450. The number of halogens is 2. The molecule has 1 aromatic rings. The molecule has 1 aliphatic carbocycles. The molecule has 21 heavy (non-hydrogen) atoms. The van der Waals surface area contributed by atoms with Gasteiger partial charge in [0.25, 0.3) is 0 Å². The Labute approximate surface area is 137 Å². The second kappa shape index (κ2) is 8.35. The van der Waals surface area contributed by atoms with Gasteiger partial charge in [0.1, 0.15) is 0 Å². The summed E-state index contributed by atoms with van der Waals surface area (Å²) < 4.78 is 5.77. The van der Waals surface area contributed by atoms with Crippen LogP contribution in [0.4, 0.5) is 0 Å². The van der Waals surface area contributed by atoms with Crippen LogP contribution in [0.15, 0.2) is 18.2 Å². The average molecular weight is 331 g/mol. The Morgan fingerprint density at radius 3 is 2.52 bits per heavy atom. The van der Waals surface area contributed by atoms with Gasteiger partial charge in [-0.15, -0.1) is 0 Å². The van der Waals surface area contributed by atoms with Crippen LogP contribution in [-0.4, -0.2) is 19.3 Å². The highest BCUT2D eigenvalue weighted by molar-refractivity contribution is 6.42. The molecule has 0 amide bonds. The molecule has 2 unspecified atom stereocenters. The molecule has 1 saturated carbocycles. The van der Waals surface area contributed by atoms with Crippen LogP contribution in [0.5, 0.6) is 0 Å². The van der Waals surface area contributed by atoms with Gasteiger partial charge >= 0.3 is 0 Å². The lowest BCUT2D eigenvalue weighted by atomic mass is 9.81. The van der Waals surface area contributed by atoms with Crippen molar-refractivity contribution in [3.8, 4) is 0 Å². The molecule has 5 heteroatoms. The van der Waals surface area contributed by atoms with Crippen LogP contribution in [0.2, 0.25) is 10.0 Å². The van der Waals surface area contributed by atoms with Crippen molar-refractivity contribution in [3.63, 3.8) is 0 Å². The molecule has 3 nitrogen and oxygen atoms in total. The summed E-state index contributed by atoms with van der Waals surface area (Å²) >= 11 is 12.1. The van der Waals surface area contributed by atoms with Crippen molar-refractivity contribution < 1.29 is 4.74 Å². The number of methoxy groups -OCH3 is 1. The number of ether oxygens (including phenoxy) is 1. The van der Waals surface area contributed by atoms with Crippen LogP contribution in [0.3, 0.4) is 0 Å². The Hall–Kier alpha value is -0.320. The molecule has 0 saturated heterocycles. The zero-order chi connectivity index (χ0) is 15.2. The predicted octanol–water partition coefficient (Wildman–Crippen LogP) is 3.96. The highest BCUT2D eigenvalue weighted by atomic mass is 35.5. The molecule has 1 aromatic carbocycles. The maximum Gasteiger partial charge on any atom is 0.0769 e. The van der Waals surface area contributed by atoms with Gasteiger partial charge in [-0.05, 0) is 42.9 Å². The van der Waals surface area contributed by atoms with Gasteiger partial charge < -0.3 is 4.74 Å². The van der Waals surface area contributed by atoms with Gasteiger partial charge in [-0.25, -0.2) is 0 Å². The van der Waals surface area contributed by atoms with Gasteiger partial charge in [0.2, 0.25) is 0 Å². The summed E-state index contributed by atoms with van der Waals surface area (Å²) in [7, 11) is 1.78. The van der Waals surface area contributed by atoms with E-state index in [9.17, 15) is 0 Å². The standard InChI is InChI=1S/C16H24Cl2N2O/c1-21-16(12-5-3-2-4-6-12)15(20-19)10-11-7-8-13(17)14(18)9-11/h7-9,12,15-16,20H,2-6,10,19H2,1H3. The lowest BCUT2D eigenvalue weighted by Gasteiger charge is -2.34. The summed E-state index contributed by atoms with van der Waals surface area (Å²) in [6.07, 6.45) is 7.26. The summed E-state index contributed by atoms with van der Waals surface area (Å²) in [5, 5.41) is 1.16. The molecule has 0 aliphatic heterocycles. The summed E-state index contributed by atoms with van der Waals surface area (Å²) in [4.78, 5) is 0. The van der Waals surface area contributed by atoms with E-state index in [1.807, 2.05) is 18.2 Å². The SMILES string of the molecule is COC(C1CCCCC1)C(Cc1ccc(Cl)c(Cl)c1)NN. The van der Waals surface area contributed by atoms with Crippen LogP contribution in [-0.2, 0) is 11.2 Å². The summed E-state index contributed by atoms with van der Waals surface area (Å²) in [6, 6.07) is 5.80. The van der Waals surface area contributed by atoms with E-state index in [-0.39, 0.29) is 12.1 Å². The monoisotopic (exact) mass is 330 g/mol. The average Bonchev–Trinajstić information content (AvgIpc) is 2.51. The minimum Gasteiger partial charge on any atom is -0.379 e. The van der Waals surface area contributed by atoms with E-state index in [0.29, 0.717) is 16.0 Å². The molecule has 3 N–H and O–H groups in total. The number of hydrazine groups is 1. The molecule has 0 radical (unpaired) electrons. The predicted molar refractivity (Wildman–Crippen MR) is 88.6 cm³/mol. The van der Waals surface area contributed by atoms with Crippen LogP contribution < -0.4 is 11.3 Å². The second-order valence-electron chi connectivity index (χ2n) is 5.82. The molecular weight excluding hydrogens is 307 g/mol. The molecule has 1 fully saturated rings. The molecule has 0 spiro atoms. The topological polar surface area (TPSA) is 47.3 Å². The Morgan fingerprint density at radius 2 is 1.95 bits per heavy atom. The van der Waals surface area contributed by atoms with E-state index in [4.69, 9.17) is 33.8 Å². The number of hydrogen-bond donors (Lipinski definition) is 2. The fraction of sp³-hybridized carbons (Fsp3) is 0.625. The summed E-state index contributed by atoms with van der Waals surface area (Å²) in [6.45, 7) is 0. The van der Waals surface area contributed by atoms with Crippen molar-refractivity contribution in [2.24, 2.45) is 11.8 Å². The largest absolute Gasteiger partial charge is 0.379 e. The van der Waals surface area contributed by atoms with Gasteiger partial charge in [0, 0.05) is 7.11 Å². The van der Waals surface area contributed by atoms with E-state index < -0.39 is 0 Å². The highest BCUT2D eigenvalue weighted by Crippen LogP contribution is 2.30. The Balaban J connectivity index is 2.07. The second-order valence-corrected chi connectivity index (χ2v) is 6.64. The van der Waals surface area contributed by atoms with Crippen molar-refractivity contribution >= 4 is 23.2 Å². The van der Waals surface area contributed by atoms with Crippen LogP contribution in [0, 0.1) is 5.92 Å². The van der Waals surface area contributed by atoms with E-state index in [1.165, 1.54) is 32.1 Å². The Morgan fingerprint density at radius 1 is 1.24 bits per heavy atom. The molecule has 0 heterocycles. The van der Waals surface area contributed by atoms with Gasteiger partial charge in [-0.1, -0.05) is 48.5 Å². The molecule has 0 bridgehead atoms. The van der Waals surface area contributed by atoms with Crippen molar-refractivity contribution in [2.75, 3.05) is 7.11 Å². The van der Waals surface area contributed by atoms with Crippen molar-refractivity contribution in [1.29, 1.82) is 0 Å². The minimum atomic E-state index is 0.0790. The van der Waals surface area contributed by atoms with Gasteiger partial charge in [0.15, 0.2) is 0 Å². The normalized spacial score (nSPS) is 19.4. The number of nitrogens with one attached hydrogen (secondary N) is 1. The molecule has 118 valence electrons. The van der Waals surface area contributed by atoms with Crippen LogP contribution in [0.25, 0.3) is 0 Å². The lowest BCUT2D eigenvalue weighted by molar-refractivity contribution is 0.00827. The van der Waals surface area contributed by atoms with Crippen molar-refractivity contribution in [1.82, 2.24) is 5.43 Å². The third-order valence-corrected chi connectivity index (χ3v) is 5.18. The fourth-order valence-corrected chi connectivity index (χ4v) is 3.66. The van der Waals surface area contributed by atoms with E-state index in [0.717, 1.165) is 12.0 Å². The first-order valence-corrected chi connectivity index (χ1v) is 8.34. The van der Waals surface area contributed by atoms with E-state index in [2.05, 4.69) is 5.43 Å². The maximum atomic E-state index is 6.09. The first-order valence-electron chi connectivity index (χ1n) is 7.58.